The van der Waals surface area contributed by atoms with Crippen LogP contribution in [0.3, 0.4) is 0 Å². The lowest BCUT2D eigenvalue weighted by atomic mass is 9.86. The highest BCUT2D eigenvalue weighted by Crippen LogP contribution is 2.49. The number of carbonyl (C=O) groups is 3. The lowest BCUT2D eigenvalue weighted by Gasteiger charge is -2.36. The molecule has 162 valence electrons. The van der Waals surface area contributed by atoms with Crippen LogP contribution in [0.5, 0.6) is 0 Å². The molecule has 0 unspecified atom stereocenters. The molecule has 3 fully saturated rings. The van der Waals surface area contributed by atoms with Gasteiger partial charge in [0, 0.05) is 17.9 Å². The summed E-state index contributed by atoms with van der Waals surface area (Å²) in [6.45, 7) is 0.947. The first-order valence-corrected chi connectivity index (χ1v) is 11.3. The van der Waals surface area contributed by atoms with E-state index in [1.807, 2.05) is 59.5 Å². The second-order valence-corrected chi connectivity index (χ2v) is 8.96. The lowest BCUT2D eigenvalue weighted by Crippen LogP contribution is -2.49. The van der Waals surface area contributed by atoms with Crippen molar-refractivity contribution in [3.63, 3.8) is 0 Å². The quantitative estimate of drug-likeness (QED) is 0.553. The Labute approximate surface area is 186 Å². The van der Waals surface area contributed by atoms with E-state index in [-0.39, 0.29) is 36.3 Å². The van der Waals surface area contributed by atoms with E-state index in [0.29, 0.717) is 12.2 Å². The van der Waals surface area contributed by atoms with E-state index >= 15 is 0 Å². The van der Waals surface area contributed by atoms with Crippen molar-refractivity contribution in [1.29, 1.82) is 0 Å². The number of carbonyl (C=O) groups excluding carboxylic acids is 3. The van der Waals surface area contributed by atoms with E-state index in [2.05, 4.69) is 0 Å². The summed E-state index contributed by atoms with van der Waals surface area (Å²) in [5.41, 5.74) is 2.45. The fourth-order valence-corrected chi connectivity index (χ4v) is 5.82. The zero-order valence-electron chi connectivity index (χ0n) is 17.6. The van der Waals surface area contributed by atoms with Crippen LogP contribution >= 0.6 is 0 Å². The van der Waals surface area contributed by atoms with E-state index < -0.39 is 17.9 Å². The van der Waals surface area contributed by atoms with Gasteiger partial charge in [-0.25, -0.2) is 0 Å². The Morgan fingerprint density at radius 1 is 0.969 bits per heavy atom. The summed E-state index contributed by atoms with van der Waals surface area (Å²) < 4.78 is 5.69. The Balaban J connectivity index is 1.43. The van der Waals surface area contributed by atoms with Gasteiger partial charge in [0.1, 0.15) is 6.04 Å². The molecule has 0 radical (unpaired) electrons. The number of amides is 2. The van der Waals surface area contributed by atoms with Crippen LogP contribution in [0.1, 0.15) is 28.8 Å². The molecule has 0 spiro atoms. The number of Topliss-reactive ketones (excluding diaryl/α,β-unsaturated/α-hetero) is 1. The SMILES string of the molecule is O=C(c1ccccc1)[C@H]1[C@H]2C(=O)N(C[C@@H]3CCCO3)C(=O)[C@@H]2[C@H]2C=Cc3ccccc3N21. The minimum Gasteiger partial charge on any atom is -0.376 e. The summed E-state index contributed by atoms with van der Waals surface area (Å²) >= 11 is 0. The maximum Gasteiger partial charge on any atom is 0.235 e. The minimum atomic E-state index is -0.718. The second-order valence-electron chi connectivity index (χ2n) is 8.96. The third-order valence-corrected chi connectivity index (χ3v) is 7.24. The van der Waals surface area contributed by atoms with Crippen LogP contribution in [0.2, 0.25) is 0 Å². The number of hydrogen-bond donors (Lipinski definition) is 0. The molecule has 0 aromatic heterocycles. The molecule has 0 N–H and O–H groups in total. The van der Waals surface area contributed by atoms with Crippen molar-refractivity contribution in [3.05, 3.63) is 71.8 Å². The van der Waals surface area contributed by atoms with Crippen molar-refractivity contribution in [2.75, 3.05) is 18.1 Å². The first kappa shape index (κ1) is 19.4. The summed E-state index contributed by atoms with van der Waals surface area (Å²) in [5.74, 6) is -1.81. The molecule has 0 bridgehead atoms. The van der Waals surface area contributed by atoms with Crippen molar-refractivity contribution in [2.45, 2.75) is 31.0 Å². The average molecular weight is 428 g/mol. The van der Waals surface area contributed by atoms with Crippen LogP contribution in [0.4, 0.5) is 5.69 Å². The first-order chi connectivity index (χ1) is 15.6. The summed E-state index contributed by atoms with van der Waals surface area (Å²) in [4.78, 5) is 44.3. The Morgan fingerprint density at radius 3 is 2.50 bits per heavy atom. The van der Waals surface area contributed by atoms with Gasteiger partial charge in [-0.1, -0.05) is 60.7 Å². The zero-order valence-corrected chi connectivity index (χ0v) is 17.6. The number of benzene rings is 2. The van der Waals surface area contributed by atoms with Crippen molar-refractivity contribution < 1.29 is 19.1 Å². The normalized spacial score (nSPS) is 30.4. The largest absolute Gasteiger partial charge is 0.376 e. The molecule has 3 saturated heterocycles. The molecule has 4 aliphatic heterocycles. The van der Waals surface area contributed by atoms with Crippen molar-refractivity contribution >= 4 is 29.4 Å². The van der Waals surface area contributed by atoms with Gasteiger partial charge in [0.05, 0.1) is 30.5 Å². The maximum atomic E-state index is 13.8. The number of rotatable bonds is 4. The van der Waals surface area contributed by atoms with Crippen LogP contribution < -0.4 is 4.90 Å². The topological polar surface area (TPSA) is 66.9 Å². The van der Waals surface area contributed by atoms with E-state index in [4.69, 9.17) is 4.74 Å². The molecule has 32 heavy (non-hydrogen) atoms. The molecule has 2 amide bonds. The average Bonchev–Trinajstić information content (AvgIpc) is 3.52. The van der Waals surface area contributed by atoms with Gasteiger partial charge in [-0.3, -0.25) is 19.3 Å². The Bertz CT molecular complexity index is 1120. The summed E-state index contributed by atoms with van der Waals surface area (Å²) in [6, 6.07) is 15.9. The Morgan fingerprint density at radius 2 is 1.72 bits per heavy atom. The highest BCUT2D eigenvalue weighted by Gasteiger charge is 2.64. The Kier molecular flexibility index (Phi) is 4.50. The fraction of sp³-hybridized carbons (Fsp3) is 0.346. The molecule has 0 aliphatic carbocycles. The van der Waals surface area contributed by atoms with Crippen LogP contribution in [0.25, 0.3) is 6.08 Å². The number of anilines is 1. The molecule has 2 aromatic rings. The van der Waals surface area contributed by atoms with Crippen molar-refractivity contribution in [2.24, 2.45) is 11.8 Å². The maximum absolute atomic E-state index is 13.8. The number of imide groups is 1. The molecule has 4 aliphatic rings. The van der Waals surface area contributed by atoms with Crippen molar-refractivity contribution in [1.82, 2.24) is 4.90 Å². The predicted octanol–water partition coefficient (Wildman–Crippen LogP) is 2.93. The van der Waals surface area contributed by atoms with Gasteiger partial charge in [-0.15, -0.1) is 0 Å². The van der Waals surface area contributed by atoms with Gasteiger partial charge in [0.2, 0.25) is 11.8 Å². The molecular weight excluding hydrogens is 404 g/mol. The standard InChI is InChI=1S/C26H24N2O4/c29-24(17-8-2-1-3-9-17)23-22-21(20-13-12-16-7-4-5-11-19(16)28(20)23)25(30)27(26(22)31)15-18-10-6-14-32-18/h1-5,7-9,11-13,18,20-23H,6,10,14-15H2/t18-,20+,21+,22-,23+/m0/s1. The van der Waals surface area contributed by atoms with E-state index in [0.717, 1.165) is 24.1 Å². The number of nitrogens with zero attached hydrogens (tertiary/aromatic N) is 2. The molecule has 6 rings (SSSR count). The lowest BCUT2D eigenvalue weighted by molar-refractivity contribution is -0.142. The van der Waals surface area contributed by atoms with Crippen LogP contribution in [-0.4, -0.2) is 53.8 Å². The smallest absolute Gasteiger partial charge is 0.235 e. The van der Waals surface area contributed by atoms with E-state index in [1.165, 1.54) is 4.90 Å². The van der Waals surface area contributed by atoms with Gasteiger partial charge < -0.3 is 9.64 Å². The highest BCUT2D eigenvalue weighted by molar-refractivity contribution is 6.14. The zero-order chi connectivity index (χ0) is 21.8. The molecule has 6 heteroatoms. The third kappa shape index (κ3) is 2.79. The van der Waals surface area contributed by atoms with Crippen LogP contribution in [-0.2, 0) is 14.3 Å². The number of ether oxygens (including phenoxy) is 1. The molecule has 6 nitrogen and oxygen atoms in total. The Hall–Kier alpha value is -3.25. The molecular formula is C26H24N2O4. The van der Waals surface area contributed by atoms with Gasteiger partial charge in [0.15, 0.2) is 5.78 Å². The summed E-state index contributed by atoms with van der Waals surface area (Å²) in [5, 5.41) is 0. The molecule has 4 heterocycles. The fourth-order valence-electron chi connectivity index (χ4n) is 5.82. The molecule has 5 atom stereocenters. The number of likely N-dealkylation sites (tertiary alicyclic amines) is 1. The molecule has 2 aromatic carbocycles. The first-order valence-electron chi connectivity index (χ1n) is 11.3. The van der Waals surface area contributed by atoms with Gasteiger partial charge in [-0.05, 0) is 24.5 Å². The van der Waals surface area contributed by atoms with E-state index in [9.17, 15) is 14.4 Å². The number of para-hydroxylation sites is 1. The second kappa shape index (κ2) is 7.41. The predicted molar refractivity (Wildman–Crippen MR) is 119 cm³/mol. The molecule has 0 saturated carbocycles. The van der Waals surface area contributed by atoms with Gasteiger partial charge in [-0.2, -0.15) is 0 Å². The summed E-state index contributed by atoms with van der Waals surface area (Å²) in [7, 11) is 0. The minimum absolute atomic E-state index is 0.108. The van der Waals surface area contributed by atoms with Crippen LogP contribution in [0, 0.1) is 11.8 Å². The third-order valence-electron chi connectivity index (χ3n) is 7.24. The van der Waals surface area contributed by atoms with Crippen molar-refractivity contribution in [3.8, 4) is 0 Å². The summed E-state index contributed by atoms with van der Waals surface area (Å²) in [6.07, 6.45) is 5.67. The van der Waals surface area contributed by atoms with Gasteiger partial charge in [0.25, 0.3) is 0 Å². The monoisotopic (exact) mass is 428 g/mol. The van der Waals surface area contributed by atoms with Gasteiger partial charge >= 0.3 is 0 Å². The number of hydrogen-bond acceptors (Lipinski definition) is 5. The van der Waals surface area contributed by atoms with Crippen LogP contribution in [0.15, 0.2) is 60.7 Å². The van der Waals surface area contributed by atoms with E-state index in [1.54, 1.807) is 12.1 Å². The number of fused-ring (bicyclic) bond motifs is 5. The highest BCUT2D eigenvalue weighted by atomic mass is 16.5. The number of ketones is 1.